The van der Waals surface area contributed by atoms with E-state index in [4.69, 9.17) is 11.6 Å². The fourth-order valence-electron chi connectivity index (χ4n) is 2.47. The summed E-state index contributed by atoms with van der Waals surface area (Å²) in [5.41, 5.74) is 2.52. The highest BCUT2D eigenvalue weighted by Gasteiger charge is 2.32. The van der Waals surface area contributed by atoms with Crippen LogP contribution in [0.2, 0.25) is 5.02 Å². The Morgan fingerprint density at radius 1 is 1.15 bits per heavy atom. The van der Waals surface area contributed by atoms with Gasteiger partial charge in [-0.15, -0.1) is 11.8 Å². The molecule has 2 aromatic rings. The summed E-state index contributed by atoms with van der Waals surface area (Å²) in [6.45, 7) is 0. The summed E-state index contributed by atoms with van der Waals surface area (Å²) >= 11 is 7.76. The van der Waals surface area contributed by atoms with Crippen LogP contribution in [0.15, 0.2) is 53.4 Å². The summed E-state index contributed by atoms with van der Waals surface area (Å²) in [7, 11) is 0. The highest BCUT2D eigenvalue weighted by Crippen LogP contribution is 2.43. The fourth-order valence-corrected chi connectivity index (χ4v) is 3.05. The van der Waals surface area contributed by atoms with Crippen LogP contribution in [0.3, 0.4) is 0 Å². The molecular weight excluding hydrogens is 286 g/mol. The Balaban J connectivity index is 1.82. The Hall–Kier alpha value is -1.12. The number of thioether (sulfide) groups is 1. The maximum Gasteiger partial charge on any atom is 0.0542 e. The number of nitrogens with one attached hydrogen (secondary N) is 1. The Bertz CT molecular complexity index is 578. The molecule has 1 N–H and O–H groups in total. The molecule has 1 nitrogen and oxygen atoms in total. The summed E-state index contributed by atoms with van der Waals surface area (Å²) in [6, 6.07) is 17.2. The first-order chi connectivity index (χ1) is 9.76. The van der Waals surface area contributed by atoms with E-state index >= 15 is 0 Å². The lowest BCUT2D eigenvalue weighted by Crippen LogP contribution is -2.12. The first-order valence-electron chi connectivity index (χ1n) is 6.92. The van der Waals surface area contributed by atoms with E-state index in [2.05, 4.69) is 48.0 Å². The smallest absolute Gasteiger partial charge is 0.0542 e. The summed E-state index contributed by atoms with van der Waals surface area (Å²) in [5, 5.41) is 4.49. The van der Waals surface area contributed by atoms with Gasteiger partial charge >= 0.3 is 0 Å². The molecule has 3 heteroatoms. The molecule has 1 aliphatic carbocycles. The minimum atomic E-state index is 0.393. The van der Waals surface area contributed by atoms with Gasteiger partial charge in [-0.25, -0.2) is 0 Å². The second kappa shape index (κ2) is 6.11. The highest BCUT2D eigenvalue weighted by atomic mass is 35.5. The quantitative estimate of drug-likeness (QED) is 0.719. The number of hydrogen-bond acceptors (Lipinski definition) is 2. The lowest BCUT2D eigenvalue weighted by Gasteiger charge is -2.20. The molecular formula is C17H18ClNS. The SMILES string of the molecule is CSc1cccc(NC(c2ccc(Cl)cc2)C2CC2)c1. The summed E-state index contributed by atoms with van der Waals surface area (Å²) in [4.78, 5) is 1.29. The molecule has 0 aliphatic heterocycles. The third-order valence-corrected chi connectivity index (χ3v) is 4.69. The van der Waals surface area contributed by atoms with Gasteiger partial charge in [0.25, 0.3) is 0 Å². The van der Waals surface area contributed by atoms with Crippen LogP contribution in [0.1, 0.15) is 24.4 Å². The van der Waals surface area contributed by atoms with Crippen molar-refractivity contribution in [3.05, 3.63) is 59.1 Å². The standard InChI is InChI=1S/C17H18ClNS/c1-20-16-4-2-3-15(11-16)19-17(12-5-6-12)13-7-9-14(18)10-8-13/h2-4,7-12,17,19H,5-6H2,1H3. The topological polar surface area (TPSA) is 12.0 Å². The third-order valence-electron chi connectivity index (χ3n) is 3.71. The number of halogens is 1. The van der Waals surface area contributed by atoms with Crippen molar-refractivity contribution in [2.75, 3.05) is 11.6 Å². The molecule has 1 atom stereocenters. The predicted octanol–water partition coefficient (Wildman–Crippen LogP) is 5.63. The molecule has 104 valence electrons. The van der Waals surface area contributed by atoms with Gasteiger partial charge in [0.1, 0.15) is 0 Å². The van der Waals surface area contributed by atoms with Crippen molar-refractivity contribution in [3.8, 4) is 0 Å². The molecule has 0 amide bonds. The zero-order valence-corrected chi connectivity index (χ0v) is 13.0. The summed E-state index contributed by atoms with van der Waals surface area (Å²) in [5.74, 6) is 0.745. The van der Waals surface area contributed by atoms with Gasteiger partial charge in [-0.2, -0.15) is 0 Å². The average Bonchev–Trinajstić information content (AvgIpc) is 3.31. The van der Waals surface area contributed by atoms with Gasteiger partial charge in [-0.1, -0.05) is 29.8 Å². The molecule has 2 aromatic carbocycles. The van der Waals surface area contributed by atoms with Crippen molar-refractivity contribution in [2.24, 2.45) is 5.92 Å². The van der Waals surface area contributed by atoms with E-state index in [9.17, 15) is 0 Å². The Morgan fingerprint density at radius 2 is 1.90 bits per heavy atom. The third kappa shape index (κ3) is 3.31. The van der Waals surface area contributed by atoms with Crippen LogP contribution < -0.4 is 5.32 Å². The van der Waals surface area contributed by atoms with Crippen molar-refractivity contribution in [3.63, 3.8) is 0 Å². The number of anilines is 1. The van der Waals surface area contributed by atoms with E-state index in [1.807, 2.05) is 12.1 Å². The molecule has 0 heterocycles. The molecule has 20 heavy (non-hydrogen) atoms. The largest absolute Gasteiger partial charge is 0.378 e. The molecule has 3 rings (SSSR count). The molecule has 0 saturated heterocycles. The second-order valence-electron chi connectivity index (χ2n) is 5.24. The van der Waals surface area contributed by atoms with Crippen LogP contribution >= 0.6 is 23.4 Å². The van der Waals surface area contributed by atoms with Crippen LogP contribution in [-0.2, 0) is 0 Å². The van der Waals surface area contributed by atoms with Crippen LogP contribution in [0.25, 0.3) is 0 Å². The highest BCUT2D eigenvalue weighted by molar-refractivity contribution is 7.98. The van der Waals surface area contributed by atoms with Crippen molar-refractivity contribution in [2.45, 2.75) is 23.8 Å². The number of rotatable bonds is 5. The van der Waals surface area contributed by atoms with Crippen LogP contribution in [0, 0.1) is 5.92 Å². The van der Waals surface area contributed by atoms with Gasteiger partial charge in [0.15, 0.2) is 0 Å². The van der Waals surface area contributed by atoms with E-state index in [0.29, 0.717) is 6.04 Å². The maximum atomic E-state index is 5.99. The lowest BCUT2D eigenvalue weighted by molar-refractivity contribution is 0.679. The van der Waals surface area contributed by atoms with Crippen LogP contribution in [-0.4, -0.2) is 6.26 Å². The Morgan fingerprint density at radius 3 is 2.55 bits per heavy atom. The number of benzene rings is 2. The van der Waals surface area contributed by atoms with Crippen molar-refractivity contribution in [1.29, 1.82) is 0 Å². The molecule has 1 unspecified atom stereocenters. The van der Waals surface area contributed by atoms with Gasteiger partial charge in [0, 0.05) is 15.6 Å². The molecule has 1 aliphatic rings. The zero-order valence-electron chi connectivity index (χ0n) is 11.5. The molecule has 0 spiro atoms. The van der Waals surface area contributed by atoms with Gasteiger partial charge < -0.3 is 5.32 Å². The van der Waals surface area contributed by atoms with Gasteiger partial charge in [0.05, 0.1) is 6.04 Å². The normalized spacial score (nSPS) is 15.9. The first kappa shape index (κ1) is 13.8. The monoisotopic (exact) mass is 303 g/mol. The van der Waals surface area contributed by atoms with Gasteiger partial charge in [-0.05, 0) is 60.9 Å². The fraction of sp³-hybridized carbons (Fsp3) is 0.294. The zero-order chi connectivity index (χ0) is 13.9. The van der Waals surface area contributed by atoms with Crippen LogP contribution in [0.5, 0.6) is 0 Å². The van der Waals surface area contributed by atoms with Gasteiger partial charge in [-0.3, -0.25) is 0 Å². The van der Waals surface area contributed by atoms with E-state index in [1.54, 1.807) is 11.8 Å². The minimum absolute atomic E-state index is 0.393. The Labute approximate surface area is 129 Å². The average molecular weight is 304 g/mol. The van der Waals surface area contributed by atoms with Gasteiger partial charge in [0.2, 0.25) is 0 Å². The Kier molecular flexibility index (Phi) is 4.23. The molecule has 1 saturated carbocycles. The van der Waals surface area contributed by atoms with Crippen molar-refractivity contribution >= 4 is 29.1 Å². The first-order valence-corrected chi connectivity index (χ1v) is 8.52. The van der Waals surface area contributed by atoms with E-state index in [1.165, 1.54) is 29.0 Å². The minimum Gasteiger partial charge on any atom is -0.378 e. The van der Waals surface area contributed by atoms with Crippen molar-refractivity contribution in [1.82, 2.24) is 0 Å². The summed E-state index contributed by atoms with van der Waals surface area (Å²) < 4.78 is 0. The van der Waals surface area contributed by atoms with Crippen LogP contribution in [0.4, 0.5) is 5.69 Å². The predicted molar refractivity (Wildman–Crippen MR) is 88.8 cm³/mol. The molecule has 0 aromatic heterocycles. The van der Waals surface area contributed by atoms with E-state index < -0.39 is 0 Å². The van der Waals surface area contributed by atoms with E-state index in [0.717, 1.165) is 10.9 Å². The lowest BCUT2D eigenvalue weighted by atomic mass is 10.0. The number of hydrogen-bond donors (Lipinski definition) is 1. The maximum absolute atomic E-state index is 5.99. The molecule has 0 bridgehead atoms. The van der Waals surface area contributed by atoms with E-state index in [-0.39, 0.29) is 0 Å². The molecule has 0 radical (unpaired) electrons. The molecule has 1 fully saturated rings. The second-order valence-corrected chi connectivity index (χ2v) is 6.56. The summed E-state index contributed by atoms with van der Waals surface area (Å²) in [6.07, 6.45) is 4.72. The van der Waals surface area contributed by atoms with Crippen molar-refractivity contribution < 1.29 is 0 Å².